The van der Waals surface area contributed by atoms with Crippen molar-refractivity contribution in [1.29, 1.82) is 0 Å². The largest absolute Gasteiger partial charge is 0.452 e. The molecule has 7 nitrogen and oxygen atoms in total. The Morgan fingerprint density at radius 1 is 1.38 bits per heavy atom. The first-order chi connectivity index (χ1) is 11.3. The van der Waals surface area contributed by atoms with Gasteiger partial charge in [0.15, 0.2) is 6.61 Å². The average Bonchev–Trinajstić information content (AvgIpc) is 2.52. The lowest BCUT2D eigenvalue weighted by Crippen LogP contribution is -2.28. The second-order valence-electron chi connectivity index (χ2n) is 5.75. The van der Waals surface area contributed by atoms with Crippen molar-refractivity contribution in [3.8, 4) is 18.1 Å². The quantitative estimate of drug-likeness (QED) is 0.190. The van der Waals surface area contributed by atoms with Crippen LogP contribution in [0.2, 0.25) is 0 Å². The van der Waals surface area contributed by atoms with Crippen molar-refractivity contribution in [3.63, 3.8) is 0 Å². The first-order valence-electron chi connectivity index (χ1n) is 7.23. The van der Waals surface area contributed by atoms with Crippen molar-refractivity contribution < 1.29 is 19.1 Å². The molecule has 0 saturated carbocycles. The molecule has 0 fully saturated rings. The van der Waals surface area contributed by atoms with E-state index < -0.39 is 23.4 Å². The molecule has 0 radical (unpaired) electrons. The van der Waals surface area contributed by atoms with Crippen LogP contribution in [0.3, 0.4) is 0 Å². The third-order valence-corrected chi connectivity index (χ3v) is 3.26. The van der Waals surface area contributed by atoms with Crippen LogP contribution >= 0.6 is 0 Å². The molecule has 1 aromatic rings. The summed E-state index contributed by atoms with van der Waals surface area (Å²) >= 11 is 0. The van der Waals surface area contributed by atoms with Gasteiger partial charge in [-0.2, -0.15) is 0 Å². The van der Waals surface area contributed by atoms with Gasteiger partial charge in [-0.25, -0.2) is 0 Å². The Balaban J connectivity index is 2.94. The molecule has 0 bridgehead atoms. The Hall–Kier alpha value is -2.97. The number of esters is 2. The van der Waals surface area contributed by atoms with Crippen LogP contribution in [-0.2, 0) is 14.3 Å². The average molecular weight is 329 g/mol. The summed E-state index contributed by atoms with van der Waals surface area (Å²) in [5, 5.41) is 3.76. The third kappa shape index (κ3) is 5.67. The van der Waals surface area contributed by atoms with Gasteiger partial charge in [-0.15, -0.1) is 6.42 Å². The minimum Gasteiger partial charge on any atom is -0.452 e. The van der Waals surface area contributed by atoms with Gasteiger partial charge in [0.2, 0.25) is 0 Å². The fourth-order valence-corrected chi connectivity index (χ4v) is 2.08. The Morgan fingerprint density at radius 3 is 2.50 bits per heavy atom. The number of rotatable bonds is 7. The molecule has 1 unspecified atom stereocenters. The smallest absolute Gasteiger partial charge is 0.312 e. The van der Waals surface area contributed by atoms with Crippen LogP contribution in [0.25, 0.3) is 10.4 Å². The Morgan fingerprint density at radius 2 is 2.00 bits per heavy atom. The number of azide groups is 1. The zero-order valence-corrected chi connectivity index (χ0v) is 13.9. The van der Waals surface area contributed by atoms with Crippen LogP contribution in [0.15, 0.2) is 29.4 Å². The number of nitrogens with zero attached hydrogens (tertiary/aromatic N) is 3. The fourth-order valence-electron chi connectivity index (χ4n) is 2.08. The maximum absolute atomic E-state index is 12.1. The highest BCUT2D eigenvalue weighted by Crippen LogP contribution is 2.34. The molecule has 0 aliphatic carbocycles. The van der Waals surface area contributed by atoms with Crippen molar-refractivity contribution >= 4 is 11.9 Å². The highest BCUT2D eigenvalue weighted by atomic mass is 16.5. The van der Waals surface area contributed by atoms with Gasteiger partial charge in [0.1, 0.15) is 5.75 Å². The van der Waals surface area contributed by atoms with E-state index in [4.69, 9.17) is 21.4 Å². The number of terminal acetylenes is 1. The predicted molar refractivity (Wildman–Crippen MR) is 87.8 cm³/mol. The highest BCUT2D eigenvalue weighted by molar-refractivity contribution is 5.76. The molecular weight excluding hydrogens is 310 g/mol. The van der Waals surface area contributed by atoms with Crippen molar-refractivity contribution in [2.24, 2.45) is 10.5 Å². The molecule has 1 atom stereocenters. The maximum atomic E-state index is 12.1. The number of carbonyl (C=O) groups is 2. The maximum Gasteiger partial charge on any atom is 0.312 e. The van der Waals surface area contributed by atoms with Crippen LogP contribution < -0.4 is 4.74 Å². The molecule has 0 saturated heterocycles. The normalized spacial score (nSPS) is 11.6. The molecule has 0 aliphatic heterocycles. The van der Waals surface area contributed by atoms with E-state index in [-0.39, 0.29) is 13.0 Å². The lowest BCUT2D eigenvalue weighted by atomic mass is 9.84. The minimum atomic E-state index is -0.885. The molecule has 0 aromatic heterocycles. The molecule has 0 amide bonds. The topological polar surface area (TPSA) is 101 Å². The summed E-state index contributed by atoms with van der Waals surface area (Å²) in [7, 11) is 0. The molecule has 0 N–H and O–H groups in total. The van der Waals surface area contributed by atoms with E-state index >= 15 is 0 Å². The van der Waals surface area contributed by atoms with Gasteiger partial charge in [-0.05, 0) is 43.5 Å². The number of carbonyl (C=O) groups excluding carboxylic acids is 2. The van der Waals surface area contributed by atoms with Crippen LogP contribution in [0.4, 0.5) is 0 Å². The van der Waals surface area contributed by atoms with E-state index in [1.165, 1.54) is 6.92 Å². The molecular formula is C17H19N3O4. The van der Waals surface area contributed by atoms with Crippen molar-refractivity contribution in [3.05, 3.63) is 40.3 Å². The SMILES string of the molecule is C#CCOC(=O)C(C)(C)CC(N=[N+]=[N-])c1ccc(OC(C)=O)cc1. The summed E-state index contributed by atoms with van der Waals surface area (Å²) in [6.45, 7) is 4.59. The summed E-state index contributed by atoms with van der Waals surface area (Å²) < 4.78 is 9.92. The van der Waals surface area contributed by atoms with E-state index in [2.05, 4.69) is 15.9 Å². The molecule has 7 heteroatoms. The molecule has 0 spiro atoms. The summed E-state index contributed by atoms with van der Waals surface area (Å²) in [5.74, 6) is 1.74. The predicted octanol–water partition coefficient (Wildman–Crippen LogP) is 3.56. The van der Waals surface area contributed by atoms with Gasteiger partial charge in [-0.1, -0.05) is 23.2 Å². The van der Waals surface area contributed by atoms with E-state index in [1.54, 1.807) is 38.1 Å². The van der Waals surface area contributed by atoms with Crippen LogP contribution in [0, 0.1) is 17.8 Å². The van der Waals surface area contributed by atoms with E-state index in [0.717, 1.165) is 0 Å². The summed E-state index contributed by atoms with van der Waals surface area (Å²) in [5.41, 5.74) is 8.61. The molecule has 24 heavy (non-hydrogen) atoms. The fraction of sp³-hybridized carbons (Fsp3) is 0.412. The van der Waals surface area contributed by atoms with Crippen molar-refractivity contribution in [1.82, 2.24) is 0 Å². The number of hydrogen-bond donors (Lipinski definition) is 0. The second-order valence-corrected chi connectivity index (χ2v) is 5.75. The number of hydrogen-bond acceptors (Lipinski definition) is 5. The summed E-state index contributed by atoms with van der Waals surface area (Å²) in [6, 6.07) is 5.98. The Bertz CT molecular complexity index is 683. The standard InChI is InChI=1S/C17H19N3O4/c1-5-10-23-16(22)17(3,4)11-15(19-20-18)13-6-8-14(9-7-13)24-12(2)21/h1,6-9,15H,10-11H2,2-4H3. The highest BCUT2D eigenvalue weighted by Gasteiger charge is 2.32. The molecule has 0 heterocycles. The molecule has 1 rings (SSSR count). The van der Waals surface area contributed by atoms with Gasteiger partial charge < -0.3 is 9.47 Å². The van der Waals surface area contributed by atoms with E-state index in [0.29, 0.717) is 11.3 Å². The number of ether oxygens (including phenoxy) is 2. The van der Waals surface area contributed by atoms with Crippen LogP contribution in [-0.4, -0.2) is 18.5 Å². The van der Waals surface area contributed by atoms with E-state index in [1.807, 2.05) is 0 Å². The zero-order valence-electron chi connectivity index (χ0n) is 13.9. The molecule has 0 aliphatic rings. The molecule has 126 valence electrons. The van der Waals surface area contributed by atoms with Crippen LogP contribution in [0.5, 0.6) is 5.75 Å². The second kappa shape index (κ2) is 8.61. The summed E-state index contributed by atoms with van der Waals surface area (Å²) in [4.78, 5) is 25.8. The van der Waals surface area contributed by atoms with Gasteiger partial charge in [0.25, 0.3) is 0 Å². The number of benzene rings is 1. The molecule has 1 aromatic carbocycles. The van der Waals surface area contributed by atoms with Crippen molar-refractivity contribution in [2.75, 3.05) is 6.61 Å². The lowest BCUT2D eigenvalue weighted by molar-refractivity contribution is -0.153. The lowest BCUT2D eigenvalue weighted by Gasteiger charge is -2.25. The third-order valence-electron chi connectivity index (χ3n) is 3.26. The van der Waals surface area contributed by atoms with E-state index in [9.17, 15) is 9.59 Å². The monoisotopic (exact) mass is 329 g/mol. The van der Waals surface area contributed by atoms with Gasteiger partial charge in [0.05, 0.1) is 11.5 Å². The van der Waals surface area contributed by atoms with Crippen LogP contribution in [0.1, 0.15) is 38.8 Å². The van der Waals surface area contributed by atoms with Gasteiger partial charge >= 0.3 is 11.9 Å². The Kier molecular flexibility index (Phi) is 6.84. The first kappa shape index (κ1) is 19.1. The minimum absolute atomic E-state index is 0.106. The van der Waals surface area contributed by atoms with Gasteiger partial charge in [0, 0.05) is 11.8 Å². The first-order valence-corrected chi connectivity index (χ1v) is 7.23. The van der Waals surface area contributed by atoms with Crippen molar-refractivity contribution in [2.45, 2.75) is 33.2 Å². The Labute approximate surface area is 140 Å². The summed E-state index contributed by atoms with van der Waals surface area (Å²) in [6.07, 6.45) is 5.32. The van der Waals surface area contributed by atoms with Gasteiger partial charge in [-0.3, -0.25) is 9.59 Å². The zero-order chi connectivity index (χ0) is 18.2.